The van der Waals surface area contributed by atoms with E-state index in [9.17, 15) is 4.79 Å². The third kappa shape index (κ3) is 5.36. The number of rotatable bonds is 10. The number of fused-ring (bicyclic) bond motifs is 1. The molecule has 182 valence electrons. The summed E-state index contributed by atoms with van der Waals surface area (Å²) in [5.41, 5.74) is 7.71. The molecular weight excluding hydrogens is 444 g/mol. The molecule has 1 aromatic heterocycles. The van der Waals surface area contributed by atoms with Crippen LogP contribution >= 0.6 is 0 Å². The average Bonchev–Trinajstić information content (AvgIpc) is 3.56. The molecule has 1 aliphatic rings. The molecule has 0 unspecified atom stereocenters. The van der Waals surface area contributed by atoms with Crippen LogP contribution in [0.2, 0.25) is 0 Å². The van der Waals surface area contributed by atoms with Gasteiger partial charge in [0.2, 0.25) is 0 Å². The van der Waals surface area contributed by atoms with Crippen molar-refractivity contribution in [3.63, 3.8) is 0 Å². The summed E-state index contributed by atoms with van der Waals surface area (Å²) in [7, 11) is 0. The van der Waals surface area contributed by atoms with Crippen LogP contribution < -0.4 is 4.74 Å². The molecule has 0 radical (unpaired) electrons. The van der Waals surface area contributed by atoms with Crippen molar-refractivity contribution in [1.82, 2.24) is 0 Å². The number of allylic oxidation sites excluding steroid dienone is 2. The minimum atomic E-state index is 0.0813. The maximum Gasteiger partial charge on any atom is 0.198 e. The lowest BCUT2D eigenvalue weighted by atomic mass is 9.99. The first-order valence-electron chi connectivity index (χ1n) is 12.8. The Hall–Kier alpha value is -3.85. The van der Waals surface area contributed by atoms with E-state index in [-0.39, 0.29) is 5.78 Å². The minimum Gasteiger partial charge on any atom is -0.489 e. The molecule has 0 N–H and O–H groups in total. The van der Waals surface area contributed by atoms with Crippen molar-refractivity contribution in [3.8, 4) is 16.9 Å². The van der Waals surface area contributed by atoms with E-state index < -0.39 is 0 Å². The number of benzene rings is 3. The fraction of sp³-hybridized carbons (Fsp3) is 0.242. The Kier molecular flexibility index (Phi) is 7.18. The van der Waals surface area contributed by atoms with E-state index in [0.29, 0.717) is 18.8 Å². The summed E-state index contributed by atoms with van der Waals surface area (Å²) in [5.74, 6) is 1.47. The first-order valence-corrected chi connectivity index (χ1v) is 12.8. The molecule has 0 atom stereocenters. The van der Waals surface area contributed by atoms with Crippen molar-refractivity contribution in [2.75, 3.05) is 6.61 Å². The van der Waals surface area contributed by atoms with Crippen molar-refractivity contribution in [2.45, 2.75) is 46.0 Å². The maximum absolute atomic E-state index is 13.1. The molecule has 3 heteroatoms. The summed E-state index contributed by atoms with van der Waals surface area (Å²) < 4.78 is 12.0. The lowest BCUT2D eigenvalue weighted by Crippen LogP contribution is -2.02. The number of Topliss-reactive ketones (excluding diaryl/α,β-unsaturated/α-hetero) is 1. The Bertz CT molecular complexity index is 1420. The zero-order valence-electron chi connectivity index (χ0n) is 21.1. The molecule has 3 aromatic carbocycles. The minimum absolute atomic E-state index is 0.0813. The van der Waals surface area contributed by atoms with Gasteiger partial charge in [-0.1, -0.05) is 79.2 Å². The van der Waals surface area contributed by atoms with Gasteiger partial charge in [0, 0.05) is 17.4 Å². The van der Waals surface area contributed by atoms with Crippen LogP contribution in [0.3, 0.4) is 0 Å². The van der Waals surface area contributed by atoms with Crippen LogP contribution in [0.1, 0.15) is 53.4 Å². The second-order valence-electron chi connectivity index (χ2n) is 9.47. The van der Waals surface area contributed by atoms with Gasteiger partial charge in [0.1, 0.15) is 17.9 Å². The molecule has 0 saturated carbocycles. The Balaban J connectivity index is 1.21. The van der Waals surface area contributed by atoms with E-state index in [1.54, 1.807) is 0 Å². The zero-order valence-corrected chi connectivity index (χ0v) is 21.1. The van der Waals surface area contributed by atoms with Crippen LogP contribution in [0.4, 0.5) is 0 Å². The van der Waals surface area contributed by atoms with Gasteiger partial charge in [-0.25, -0.2) is 0 Å². The monoisotopic (exact) mass is 476 g/mol. The first-order chi connectivity index (χ1) is 17.6. The van der Waals surface area contributed by atoms with Crippen LogP contribution in [0.5, 0.6) is 5.75 Å². The summed E-state index contributed by atoms with van der Waals surface area (Å²) in [6.07, 6.45) is 10.3. The number of ketones is 1. The number of hydrogen-bond acceptors (Lipinski definition) is 3. The highest BCUT2D eigenvalue weighted by Crippen LogP contribution is 2.32. The number of furan rings is 1. The van der Waals surface area contributed by atoms with Crippen molar-refractivity contribution < 1.29 is 13.9 Å². The largest absolute Gasteiger partial charge is 0.489 e. The molecule has 0 saturated heterocycles. The third-order valence-corrected chi connectivity index (χ3v) is 6.83. The topological polar surface area (TPSA) is 39.4 Å². The lowest BCUT2D eigenvalue weighted by Gasteiger charge is -2.07. The summed E-state index contributed by atoms with van der Waals surface area (Å²) >= 11 is 0. The highest BCUT2D eigenvalue weighted by Gasteiger charge is 2.19. The molecule has 0 bridgehead atoms. The maximum atomic E-state index is 13.1. The second kappa shape index (κ2) is 10.8. The third-order valence-electron chi connectivity index (χ3n) is 6.83. The van der Waals surface area contributed by atoms with Gasteiger partial charge in [0.05, 0.1) is 0 Å². The normalized spacial score (nSPS) is 12.8. The summed E-state index contributed by atoms with van der Waals surface area (Å²) in [6.45, 7) is 4.77. The van der Waals surface area contributed by atoms with Crippen LogP contribution in [0.15, 0.2) is 94.9 Å². The molecule has 4 aromatic rings. The molecular formula is C33H32O3. The van der Waals surface area contributed by atoms with Crippen LogP contribution in [0.25, 0.3) is 22.1 Å². The van der Waals surface area contributed by atoms with E-state index in [4.69, 9.17) is 9.15 Å². The van der Waals surface area contributed by atoms with Crippen LogP contribution in [-0.4, -0.2) is 12.4 Å². The van der Waals surface area contributed by atoms with Gasteiger partial charge in [0.25, 0.3) is 0 Å². The zero-order chi connectivity index (χ0) is 24.9. The van der Waals surface area contributed by atoms with Crippen molar-refractivity contribution >= 4 is 16.8 Å². The number of hydrogen-bond donors (Lipinski definition) is 0. The predicted octanol–water partition coefficient (Wildman–Crippen LogP) is 8.44. The highest BCUT2D eigenvalue weighted by molar-refractivity contribution is 6.01. The molecule has 0 fully saturated rings. The summed E-state index contributed by atoms with van der Waals surface area (Å²) in [4.78, 5) is 13.1. The molecule has 0 spiro atoms. The van der Waals surface area contributed by atoms with Gasteiger partial charge in [-0.15, -0.1) is 0 Å². The standard InChI is InChI=1S/C33H32O3/c1-3-29-30-20-17-27(26-15-11-23(2)12-16-26)21-32(30)36-33(29)31(34)10-6-9-24-13-18-28(19-14-24)35-22-25-7-4-5-8-25/h4,7-8,11-21H,3,5-6,9-10,22H2,1-2H3. The fourth-order valence-electron chi connectivity index (χ4n) is 4.75. The highest BCUT2D eigenvalue weighted by atomic mass is 16.5. The predicted molar refractivity (Wildman–Crippen MR) is 147 cm³/mol. The Labute approximate surface area is 213 Å². The van der Waals surface area contributed by atoms with E-state index in [1.807, 2.05) is 12.1 Å². The average molecular weight is 477 g/mol. The van der Waals surface area contributed by atoms with Crippen LogP contribution in [-0.2, 0) is 12.8 Å². The number of ether oxygens (including phenoxy) is 1. The first kappa shape index (κ1) is 23.9. The second-order valence-corrected chi connectivity index (χ2v) is 9.47. The van der Waals surface area contributed by atoms with Gasteiger partial charge in [-0.2, -0.15) is 0 Å². The number of carbonyl (C=O) groups excluding carboxylic acids is 1. The van der Waals surface area contributed by atoms with Gasteiger partial charge in [-0.05, 0) is 73.1 Å². The van der Waals surface area contributed by atoms with Gasteiger partial charge < -0.3 is 9.15 Å². The van der Waals surface area contributed by atoms with E-state index >= 15 is 0 Å². The van der Waals surface area contributed by atoms with Gasteiger partial charge in [0.15, 0.2) is 11.5 Å². The summed E-state index contributed by atoms with van der Waals surface area (Å²) in [6, 6.07) is 22.9. The molecule has 1 heterocycles. The Morgan fingerprint density at radius 1 is 0.972 bits per heavy atom. The lowest BCUT2D eigenvalue weighted by molar-refractivity contribution is 0.0954. The van der Waals surface area contributed by atoms with Crippen molar-refractivity contribution in [1.29, 1.82) is 0 Å². The van der Waals surface area contributed by atoms with E-state index in [0.717, 1.165) is 59.1 Å². The molecule has 0 amide bonds. The van der Waals surface area contributed by atoms with Gasteiger partial charge >= 0.3 is 0 Å². The Morgan fingerprint density at radius 3 is 2.47 bits per heavy atom. The smallest absolute Gasteiger partial charge is 0.198 e. The molecule has 36 heavy (non-hydrogen) atoms. The number of aryl methyl sites for hydroxylation is 3. The summed E-state index contributed by atoms with van der Waals surface area (Å²) in [5, 5.41) is 1.04. The Morgan fingerprint density at radius 2 is 1.75 bits per heavy atom. The number of carbonyl (C=O) groups is 1. The van der Waals surface area contributed by atoms with Crippen LogP contribution in [0, 0.1) is 6.92 Å². The molecule has 0 aliphatic heterocycles. The van der Waals surface area contributed by atoms with E-state index in [1.165, 1.54) is 16.7 Å². The fourth-order valence-corrected chi connectivity index (χ4v) is 4.75. The van der Waals surface area contributed by atoms with Gasteiger partial charge in [-0.3, -0.25) is 4.79 Å². The van der Waals surface area contributed by atoms with Crippen molar-refractivity contribution in [3.05, 3.63) is 113 Å². The molecule has 5 rings (SSSR count). The molecule has 3 nitrogen and oxygen atoms in total. The molecule has 1 aliphatic carbocycles. The SMILES string of the molecule is CCc1c(C(=O)CCCc2ccc(OCC3=CCC=C3)cc2)oc2cc(-c3ccc(C)cc3)ccc12. The van der Waals surface area contributed by atoms with E-state index in [2.05, 4.69) is 86.7 Å². The quantitative estimate of drug-likeness (QED) is 0.216. The van der Waals surface area contributed by atoms with Crippen molar-refractivity contribution in [2.24, 2.45) is 0 Å².